The molecule has 0 amide bonds. The van der Waals surface area contributed by atoms with Crippen LogP contribution in [0.15, 0.2) is 42.5 Å². The number of carboxylic acid groups (broad SMARTS) is 1. The van der Waals surface area contributed by atoms with Gasteiger partial charge in [0.15, 0.2) is 0 Å². The molecule has 0 radical (unpaired) electrons. The predicted molar refractivity (Wildman–Crippen MR) is 80.9 cm³/mol. The zero-order chi connectivity index (χ0) is 14.8. The number of carboxylic acids is 1. The van der Waals surface area contributed by atoms with Gasteiger partial charge in [-0.3, -0.25) is 0 Å². The molecule has 0 unspecified atom stereocenters. The SMILES string of the molecule is O=C(O)c1ccc2c(c1)CCCN2Cc1ccc(O)cc1. The Balaban J connectivity index is 1.86. The minimum absolute atomic E-state index is 0.267. The van der Waals surface area contributed by atoms with Crippen LogP contribution in [0.3, 0.4) is 0 Å². The van der Waals surface area contributed by atoms with Gasteiger partial charge in [0, 0.05) is 18.8 Å². The summed E-state index contributed by atoms with van der Waals surface area (Å²) in [6.45, 7) is 1.72. The maximum absolute atomic E-state index is 11.1. The van der Waals surface area contributed by atoms with Gasteiger partial charge in [0.1, 0.15) is 5.75 Å². The number of carbonyl (C=O) groups is 1. The Bertz CT molecular complexity index is 664. The van der Waals surface area contributed by atoms with E-state index >= 15 is 0 Å². The highest BCUT2D eigenvalue weighted by molar-refractivity contribution is 5.88. The quantitative estimate of drug-likeness (QED) is 0.909. The fourth-order valence-corrected chi connectivity index (χ4v) is 2.79. The summed E-state index contributed by atoms with van der Waals surface area (Å²) < 4.78 is 0. The van der Waals surface area contributed by atoms with Crippen LogP contribution in [0.2, 0.25) is 0 Å². The second-order valence-corrected chi connectivity index (χ2v) is 5.34. The van der Waals surface area contributed by atoms with E-state index in [2.05, 4.69) is 4.90 Å². The lowest BCUT2D eigenvalue weighted by Crippen LogP contribution is -2.29. The zero-order valence-electron chi connectivity index (χ0n) is 11.6. The van der Waals surface area contributed by atoms with E-state index in [0.29, 0.717) is 5.56 Å². The molecule has 4 nitrogen and oxygen atoms in total. The maximum Gasteiger partial charge on any atom is 0.335 e. The molecule has 2 aromatic rings. The van der Waals surface area contributed by atoms with E-state index in [9.17, 15) is 9.90 Å². The number of aryl methyl sites for hydroxylation is 1. The first-order chi connectivity index (χ1) is 10.1. The van der Waals surface area contributed by atoms with Gasteiger partial charge >= 0.3 is 5.97 Å². The minimum Gasteiger partial charge on any atom is -0.508 e. The van der Waals surface area contributed by atoms with Crippen LogP contribution in [-0.4, -0.2) is 22.7 Å². The third kappa shape index (κ3) is 2.84. The molecule has 0 bridgehead atoms. The maximum atomic E-state index is 11.1. The smallest absolute Gasteiger partial charge is 0.335 e. The summed E-state index contributed by atoms with van der Waals surface area (Å²) in [4.78, 5) is 13.3. The van der Waals surface area contributed by atoms with Crippen LogP contribution in [-0.2, 0) is 13.0 Å². The van der Waals surface area contributed by atoms with Crippen molar-refractivity contribution in [2.75, 3.05) is 11.4 Å². The first-order valence-corrected chi connectivity index (χ1v) is 7.02. The van der Waals surface area contributed by atoms with Gasteiger partial charge in [-0.1, -0.05) is 12.1 Å². The number of aromatic carboxylic acids is 1. The van der Waals surface area contributed by atoms with Crippen LogP contribution in [0.1, 0.15) is 27.9 Å². The summed E-state index contributed by atoms with van der Waals surface area (Å²) in [6, 6.07) is 12.5. The van der Waals surface area contributed by atoms with Gasteiger partial charge in [-0.15, -0.1) is 0 Å². The van der Waals surface area contributed by atoms with Crippen molar-refractivity contribution < 1.29 is 15.0 Å². The van der Waals surface area contributed by atoms with E-state index in [0.717, 1.165) is 42.7 Å². The van der Waals surface area contributed by atoms with Crippen LogP contribution >= 0.6 is 0 Å². The van der Waals surface area contributed by atoms with E-state index in [-0.39, 0.29) is 5.75 Å². The summed E-state index contributed by atoms with van der Waals surface area (Å²) in [5.41, 5.74) is 3.68. The number of phenolic OH excluding ortho intramolecular Hbond substituents is 1. The summed E-state index contributed by atoms with van der Waals surface area (Å²) in [5, 5.41) is 18.4. The van der Waals surface area contributed by atoms with E-state index in [1.807, 2.05) is 18.2 Å². The lowest BCUT2D eigenvalue weighted by Gasteiger charge is -2.31. The second kappa shape index (κ2) is 5.48. The predicted octanol–water partition coefficient (Wildman–Crippen LogP) is 3.04. The number of hydrogen-bond donors (Lipinski definition) is 2. The van der Waals surface area contributed by atoms with Crippen molar-refractivity contribution in [3.05, 3.63) is 59.2 Å². The molecule has 21 heavy (non-hydrogen) atoms. The summed E-state index contributed by atoms with van der Waals surface area (Å²) in [7, 11) is 0. The van der Waals surface area contributed by atoms with Crippen LogP contribution < -0.4 is 4.90 Å². The molecule has 108 valence electrons. The molecule has 1 aliphatic rings. The van der Waals surface area contributed by atoms with E-state index in [1.165, 1.54) is 0 Å². The topological polar surface area (TPSA) is 60.8 Å². The highest BCUT2D eigenvalue weighted by atomic mass is 16.4. The van der Waals surface area contributed by atoms with Crippen LogP contribution in [0.4, 0.5) is 5.69 Å². The Morgan fingerprint density at radius 1 is 1.14 bits per heavy atom. The highest BCUT2D eigenvalue weighted by Gasteiger charge is 2.18. The van der Waals surface area contributed by atoms with Gasteiger partial charge in [0.25, 0.3) is 0 Å². The van der Waals surface area contributed by atoms with Crippen LogP contribution in [0, 0.1) is 0 Å². The second-order valence-electron chi connectivity index (χ2n) is 5.34. The third-order valence-corrected chi connectivity index (χ3v) is 3.85. The largest absolute Gasteiger partial charge is 0.508 e. The number of phenols is 1. The van der Waals surface area contributed by atoms with Crippen molar-refractivity contribution in [2.45, 2.75) is 19.4 Å². The fraction of sp³-hybridized carbons (Fsp3) is 0.235. The van der Waals surface area contributed by atoms with Gasteiger partial charge in [-0.2, -0.15) is 0 Å². The normalized spacial score (nSPS) is 13.8. The van der Waals surface area contributed by atoms with E-state index in [4.69, 9.17) is 5.11 Å². The fourth-order valence-electron chi connectivity index (χ4n) is 2.79. The molecule has 2 aromatic carbocycles. The van der Waals surface area contributed by atoms with E-state index in [1.54, 1.807) is 24.3 Å². The van der Waals surface area contributed by atoms with Gasteiger partial charge < -0.3 is 15.1 Å². The molecule has 1 heterocycles. The lowest BCUT2D eigenvalue weighted by molar-refractivity contribution is 0.0696. The van der Waals surface area contributed by atoms with Crippen molar-refractivity contribution >= 4 is 11.7 Å². The molecule has 1 aliphatic heterocycles. The number of hydrogen-bond acceptors (Lipinski definition) is 3. The number of fused-ring (bicyclic) bond motifs is 1. The number of anilines is 1. The molecular weight excluding hydrogens is 266 g/mol. The molecule has 3 rings (SSSR count). The van der Waals surface area contributed by atoms with Crippen LogP contribution in [0.25, 0.3) is 0 Å². The van der Waals surface area contributed by atoms with Gasteiger partial charge in [0.2, 0.25) is 0 Å². The molecule has 0 spiro atoms. The standard InChI is InChI=1S/C17H17NO3/c19-15-6-3-12(4-7-15)11-18-9-1-2-13-10-14(17(20)21)5-8-16(13)18/h3-8,10,19H,1-2,9,11H2,(H,20,21). The molecule has 0 atom stereocenters. The lowest BCUT2D eigenvalue weighted by atomic mass is 9.98. The average Bonchev–Trinajstić information content (AvgIpc) is 2.49. The number of nitrogens with zero attached hydrogens (tertiary/aromatic N) is 1. The van der Waals surface area contributed by atoms with Crippen molar-refractivity contribution in [2.24, 2.45) is 0 Å². The first kappa shape index (κ1) is 13.5. The van der Waals surface area contributed by atoms with Crippen molar-refractivity contribution in [3.63, 3.8) is 0 Å². The molecule has 0 saturated heterocycles. The molecule has 0 aromatic heterocycles. The van der Waals surface area contributed by atoms with Gasteiger partial charge in [-0.25, -0.2) is 4.79 Å². The molecule has 2 N–H and O–H groups in total. The number of aromatic hydroxyl groups is 1. The third-order valence-electron chi connectivity index (χ3n) is 3.85. The van der Waals surface area contributed by atoms with Crippen molar-refractivity contribution in [3.8, 4) is 5.75 Å². The summed E-state index contributed by atoms with van der Waals surface area (Å²) in [5.74, 6) is -0.614. The number of benzene rings is 2. The highest BCUT2D eigenvalue weighted by Crippen LogP contribution is 2.29. The average molecular weight is 283 g/mol. The van der Waals surface area contributed by atoms with Gasteiger partial charge in [-0.05, 0) is 54.3 Å². The molecule has 4 heteroatoms. The Morgan fingerprint density at radius 3 is 2.62 bits per heavy atom. The van der Waals surface area contributed by atoms with Gasteiger partial charge in [0.05, 0.1) is 5.56 Å². The number of rotatable bonds is 3. The zero-order valence-corrected chi connectivity index (χ0v) is 11.6. The summed E-state index contributed by atoms with van der Waals surface area (Å²) in [6.07, 6.45) is 1.94. The molecule has 0 saturated carbocycles. The Hall–Kier alpha value is -2.49. The van der Waals surface area contributed by atoms with Crippen LogP contribution in [0.5, 0.6) is 5.75 Å². The van der Waals surface area contributed by atoms with Crippen molar-refractivity contribution in [1.29, 1.82) is 0 Å². The molecule has 0 aliphatic carbocycles. The van der Waals surface area contributed by atoms with E-state index < -0.39 is 5.97 Å². The monoisotopic (exact) mass is 283 g/mol. The Kier molecular flexibility index (Phi) is 3.52. The molecule has 0 fully saturated rings. The summed E-state index contributed by atoms with van der Waals surface area (Å²) >= 11 is 0. The Labute approximate surface area is 123 Å². The minimum atomic E-state index is -0.881. The Morgan fingerprint density at radius 2 is 1.90 bits per heavy atom. The molecular formula is C17H17NO3. The first-order valence-electron chi connectivity index (χ1n) is 7.02. The van der Waals surface area contributed by atoms with Crippen molar-refractivity contribution in [1.82, 2.24) is 0 Å².